The van der Waals surface area contributed by atoms with E-state index in [1.54, 1.807) is 12.1 Å². The summed E-state index contributed by atoms with van der Waals surface area (Å²) in [5.41, 5.74) is 1.61. The number of aliphatic imine (C=N–C) groups is 2. The second-order valence-corrected chi connectivity index (χ2v) is 7.94. The Morgan fingerprint density at radius 2 is 2.00 bits per heavy atom. The van der Waals surface area contributed by atoms with Gasteiger partial charge in [0.05, 0.1) is 22.1 Å². The highest BCUT2D eigenvalue weighted by atomic mass is 32.2. The SMILES string of the molecule is CC(=O)N=C1N=C2CCCC3=C(c4ccc(N(C)C)nc4)O[B-](F)(F)OC3=C2S1. The van der Waals surface area contributed by atoms with Gasteiger partial charge < -0.3 is 22.8 Å². The summed E-state index contributed by atoms with van der Waals surface area (Å²) in [6, 6.07) is 3.44. The molecule has 1 aliphatic carbocycles. The number of allylic oxidation sites excluding steroid dienone is 2. The van der Waals surface area contributed by atoms with Crippen LogP contribution in [-0.2, 0) is 14.1 Å². The second kappa shape index (κ2) is 7.29. The van der Waals surface area contributed by atoms with Gasteiger partial charge in [-0.25, -0.2) is 9.98 Å². The van der Waals surface area contributed by atoms with E-state index in [-0.39, 0.29) is 16.7 Å². The van der Waals surface area contributed by atoms with Crippen LogP contribution in [0.25, 0.3) is 5.76 Å². The molecule has 0 saturated carbocycles. The van der Waals surface area contributed by atoms with Crippen molar-refractivity contribution in [1.29, 1.82) is 0 Å². The molecule has 29 heavy (non-hydrogen) atoms. The summed E-state index contributed by atoms with van der Waals surface area (Å²) in [5.74, 6) is 0.433. The first kappa shape index (κ1) is 19.6. The number of hydrogen-bond acceptors (Lipinski definition) is 6. The van der Waals surface area contributed by atoms with E-state index in [9.17, 15) is 13.4 Å². The highest BCUT2D eigenvalue weighted by molar-refractivity contribution is 8.18. The minimum Gasteiger partial charge on any atom is -0.627 e. The molecule has 1 aromatic rings. The molecule has 0 unspecified atom stereocenters. The van der Waals surface area contributed by atoms with Gasteiger partial charge >= 0.3 is 7.11 Å². The number of halogens is 2. The van der Waals surface area contributed by atoms with Crippen LogP contribution in [0.15, 0.2) is 44.6 Å². The summed E-state index contributed by atoms with van der Waals surface area (Å²) < 4.78 is 38.8. The Hall–Kier alpha value is -2.69. The van der Waals surface area contributed by atoms with Gasteiger partial charge in [-0.1, -0.05) is 0 Å². The molecule has 2 aliphatic heterocycles. The van der Waals surface area contributed by atoms with E-state index < -0.39 is 13.0 Å². The molecule has 1 aromatic heterocycles. The summed E-state index contributed by atoms with van der Waals surface area (Å²) in [5, 5.41) is 0.237. The van der Waals surface area contributed by atoms with Gasteiger partial charge in [-0.15, -0.1) is 0 Å². The molecule has 0 spiro atoms. The molecule has 0 bridgehead atoms. The number of pyridine rings is 1. The van der Waals surface area contributed by atoms with Crippen molar-refractivity contribution < 1.29 is 22.7 Å². The molecular weight excluding hydrogens is 401 g/mol. The Morgan fingerprint density at radius 1 is 1.24 bits per heavy atom. The lowest BCUT2D eigenvalue weighted by Crippen LogP contribution is -2.36. The molecule has 0 atom stereocenters. The highest BCUT2D eigenvalue weighted by Crippen LogP contribution is 2.46. The summed E-state index contributed by atoms with van der Waals surface area (Å²) >= 11 is 1.07. The lowest BCUT2D eigenvalue weighted by molar-refractivity contribution is -0.115. The van der Waals surface area contributed by atoms with Crippen molar-refractivity contribution in [3.05, 3.63) is 40.1 Å². The average Bonchev–Trinajstić information content (AvgIpc) is 2.96. The van der Waals surface area contributed by atoms with Crippen LogP contribution in [0.4, 0.5) is 14.4 Å². The van der Waals surface area contributed by atoms with Crippen molar-refractivity contribution in [2.75, 3.05) is 19.0 Å². The zero-order valence-electron chi connectivity index (χ0n) is 16.1. The van der Waals surface area contributed by atoms with Crippen LogP contribution in [0.1, 0.15) is 31.7 Å². The molecule has 7 nitrogen and oxygen atoms in total. The van der Waals surface area contributed by atoms with Crippen LogP contribution in [0, 0.1) is 0 Å². The van der Waals surface area contributed by atoms with Gasteiger partial charge in [0.25, 0.3) is 0 Å². The van der Waals surface area contributed by atoms with Crippen LogP contribution in [-0.4, -0.2) is 43.0 Å². The largest absolute Gasteiger partial charge is 0.725 e. The van der Waals surface area contributed by atoms with E-state index in [4.69, 9.17) is 9.31 Å². The first-order valence-electron chi connectivity index (χ1n) is 9.08. The Kier molecular flexibility index (Phi) is 4.93. The van der Waals surface area contributed by atoms with Gasteiger partial charge in [0, 0.05) is 38.4 Å². The van der Waals surface area contributed by atoms with E-state index in [0.29, 0.717) is 46.8 Å². The first-order chi connectivity index (χ1) is 13.7. The third-order valence-electron chi connectivity index (χ3n) is 4.51. The summed E-state index contributed by atoms with van der Waals surface area (Å²) in [6.45, 7) is 1.32. The Bertz CT molecular complexity index is 1000. The molecule has 0 N–H and O–H groups in total. The summed E-state index contributed by atoms with van der Waals surface area (Å²) in [7, 11) is -0.869. The van der Waals surface area contributed by atoms with E-state index in [1.807, 2.05) is 19.0 Å². The third kappa shape index (κ3) is 3.91. The monoisotopic (exact) mass is 419 g/mol. The number of amides is 1. The van der Waals surface area contributed by atoms with E-state index in [1.165, 1.54) is 13.1 Å². The number of hydrogen-bond donors (Lipinski definition) is 0. The normalized spacial score (nSPS) is 21.7. The lowest BCUT2D eigenvalue weighted by atomic mass is 9.98. The van der Waals surface area contributed by atoms with E-state index >= 15 is 0 Å². The second-order valence-electron chi connectivity index (χ2n) is 6.96. The van der Waals surface area contributed by atoms with Crippen LogP contribution >= 0.6 is 11.8 Å². The number of rotatable bonds is 2. The fraction of sp³-hybridized carbons (Fsp3) is 0.333. The Labute approximate surface area is 170 Å². The zero-order chi connectivity index (χ0) is 20.8. The molecule has 152 valence electrons. The summed E-state index contributed by atoms with van der Waals surface area (Å²) in [4.78, 5) is 26.0. The Morgan fingerprint density at radius 3 is 2.66 bits per heavy atom. The van der Waals surface area contributed by atoms with Crippen molar-refractivity contribution in [2.24, 2.45) is 9.98 Å². The van der Waals surface area contributed by atoms with Crippen molar-refractivity contribution >= 4 is 47.2 Å². The van der Waals surface area contributed by atoms with Crippen LogP contribution in [0.3, 0.4) is 0 Å². The maximum absolute atomic E-state index is 14.4. The van der Waals surface area contributed by atoms with Crippen LogP contribution in [0.2, 0.25) is 0 Å². The van der Waals surface area contributed by atoms with Crippen LogP contribution in [0.5, 0.6) is 0 Å². The minimum atomic E-state index is -4.56. The number of nitrogens with zero attached hydrogens (tertiary/aromatic N) is 4. The van der Waals surface area contributed by atoms with Gasteiger partial charge in [0.2, 0.25) is 5.91 Å². The van der Waals surface area contributed by atoms with Gasteiger partial charge in [0.1, 0.15) is 5.82 Å². The smallest absolute Gasteiger partial charge is 0.627 e. The average molecular weight is 419 g/mol. The molecule has 3 aliphatic rings. The molecule has 0 radical (unpaired) electrons. The van der Waals surface area contributed by atoms with Gasteiger partial charge in [-0.3, -0.25) is 4.79 Å². The number of carbonyl (C=O) groups excluding carboxylic acids is 1. The number of anilines is 1. The highest BCUT2D eigenvalue weighted by Gasteiger charge is 2.44. The number of aromatic nitrogens is 1. The minimum absolute atomic E-state index is 0.0583. The molecule has 4 rings (SSSR count). The standard InChI is InChI=1S/C18H18BF2N4O3S/c1-10(26)23-18-24-13-6-4-5-12-15(11-7-8-14(22-9-11)25(2)3)27-19(20,21)28-16(12)17(13)29-18/h7-9H,4-6H2,1-3H3/q-1. The van der Waals surface area contributed by atoms with Gasteiger partial charge in [-0.05, 0) is 43.2 Å². The zero-order valence-corrected chi connectivity index (χ0v) is 16.9. The molecule has 1 amide bonds. The van der Waals surface area contributed by atoms with Crippen molar-refractivity contribution in [3.63, 3.8) is 0 Å². The topological polar surface area (TPSA) is 76.4 Å². The molecule has 0 fully saturated rings. The summed E-state index contributed by atoms with van der Waals surface area (Å²) in [6.07, 6.45) is 3.25. The number of amidine groups is 1. The van der Waals surface area contributed by atoms with Crippen molar-refractivity contribution in [1.82, 2.24) is 4.98 Å². The fourth-order valence-electron chi connectivity index (χ4n) is 3.29. The quantitative estimate of drug-likeness (QED) is 0.680. The van der Waals surface area contributed by atoms with Crippen molar-refractivity contribution in [3.8, 4) is 0 Å². The maximum Gasteiger partial charge on any atom is 0.725 e. The predicted molar refractivity (Wildman–Crippen MR) is 110 cm³/mol. The molecular formula is C18H18BF2N4O3S-. The third-order valence-corrected chi connectivity index (χ3v) is 5.50. The predicted octanol–water partition coefficient (Wildman–Crippen LogP) is 3.77. The molecule has 0 aromatic carbocycles. The molecule has 0 saturated heterocycles. The van der Waals surface area contributed by atoms with Gasteiger partial charge in [0.15, 0.2) is 5.17 Å². The Balaban J connectivity index is 1.84. The van der Waals surface area contributed by atoms with E-state index in [2.05, 4.69) is 15.0 Å². The van der Waals surface area contributed by atoms with E-state index in [0.717, 1.165) is 11.8 Å². The van der Waals surface area contributed by atoms with Crippen molar-refractivity contribution in [2.45, 2.75) is 26.2 Å². The lowest BCUT2D eigenvalue weighted by Gasteiger charge is -2.38. The van der Waals surface area contributed by atoms with Crippen LogP contribution < -0.4 is 4.90 Å². The molecule has 3 heterocycles. The van der Waals surface area contributed by atoms with Gasteiger partial charge in [-0.2, -0.15) is 4.99 Å². The number of thioether (sulfide) groups is 1. The first-order valence-corrected chi connectivity index (χ1v) is 9.90. The molecule has 11 heteroatoms. The number of carbonyl (C=O) groups is 1. The number of fused-ring (bicyclic) bond motifs is 2. The maximum atomic E-state index is 14.4. The fourth-order valence-corrected chi connectivity index (χ4v) is 4.33.